The van der Waals surface area contributed by atoms with E-state index in [4.69, 9.17) is 9.32 Å². The third-order valence-electron chi connectivity index (χ3n) is 6.35. The molecule has 7 nitrogen and oxygen atoms in total. The summed E-state index contributed by atoms with van der Waals surface area (Å²) in [6, 6.07) is 20.9. The molecule has 0 radical (unpaired) electrons. The van der Waals surface area contributed by atoms with E-state index in [1.807, 2.05) is 24.3 Å². The lowest BCUT2D eigenvalue weighted by Gasteiger charge is -2.37. The van der Waals surface area contributed by atoms with Crippen LogP contribution in [0, 0.1) is 0 Å². The first-order valence-electron chi connectivity index (χ1n) is 10.3. The lowest BCUT2D eigenvalue weighted by atomic mass is 9.83. The molecular formula is C24H22N2O5S. The van der Waals surface area contributed by atoms with E-state index in [1.165, 1.54) is 16.0 Å². The molecule has 3 aromatic rings. The molecule has 8 heteroatoms. The molecule has 32 heavy (non-hydrogen) atoms. The monoisotopic (exact) mass is 450 g/mol. The summed E-state index contributed by atoms with van der Waals surface area (Å²) in [5, 5.41) is 15.0. The van der Waals surface area contributed by atoms with Gasteiger partial charge in [0.2, 0.25) is 0 Å². The second-order valence-corrected chi connectivity index (χ2v) is 9.29. The van der Waals surface area contributed by atoms with Gasteiger partial charge in [-0.05, 0) is 58.4 Å². The van der Waals surface area contributed by atoms with Crippen LogP contribution in [-0.2, 0) is 16.7 Å². The van der Waals surface area contributed by atoms with Gasteiger partial charge in [-0.2, -0.15) is 13.6 Å². The van der Waals surface area contributed by atoms with Crippen molar-refractivity contribution in [3.05, 3.63) is 89.0 Å². The van der Waals surface area contributed by atoms with Gasteiger partial charge in [-0.3, -0.25) is 0 Å². The van der Waals surface area contributed by atoms with Crippen molar-refractivity contribution in [2.75, 3.05) is 6.54 Å². The highest BCUT2D eigenvalue weighted by Crippen LogP contribution is 2.50. The van der Waals surface area contributed by atoms with Crippen molar-refractivity contribution < 1.29 is 22.5 Å². The highest BCUT2D eigenvalue weighted by Gasteiger charge is 2.37. The van der Waals surface area contributed by atoms with E-state index in [0.29, 0.717) is 19.4 Å². The van der Waals surface area contributed by atoms with Gasteiger partial charge in [0.25, 0.3) is 0 Å². The van der Waals surface area contributed by atoms with Crippen LogP contribution in [0.4, 0.5) is 4.79 Å². The minimum Gasteiger partial charge on any atom is -0.465 e. The van der Waals surface area contributed by atoms with Crippen LogP contribution in [0.1, 0.15) is 40.6 Å². The molecule has 1 amide bonds. The molecule has 5 rings (SSSR count). The summed E-state index contributed by atoms with van der Waals surface area (Å²) in [4.78, 5) is 13.6. The summed E-state index contributed by atoms with van der Waals surface area (Å²) in [6.45, 7) is 0.373. The van der Waals surface area contributed by atoms with Gasteiger partial charge in [-0.1, -0.05) is 54.6 Å². The zero-order valence-corrected chi connectivity index (χ0v) is 18.0. The van der Waals surface area contributed by atoms with Gasteiger partial charge in [-0.15, -0.1) is 0 Å². The lowest BCUT2D eigenvalue weighted by molar-refractivity contribution is 0.115. The molecule has 1 aliphatic heterocycles. The summed E-state index contributed by atoms with van der Waals surface area (Å²) in [7, 11) is -4.18. The number of hydrogen-bond acceptors (Lipinski definition) is 4. The van der Waals surface area contributed by atoms with E-state index in [-0.39, 0.29) is 11.7 Å². The Morgan fingerprint density at radius 1 is 1.00 bits per heavy atom. The van der Waals surface area contributed by atoms with Gasteiger partial charge in [0.15, 0.2) is 0 Å². The number of carbonyl (C=O) groups is 1. The maximum atomic E-state index is 12.1. The van der Waals surface area contributed by atoms with Crippen LogP contribution in [-0.4, -0.2) is 31.1 Å². The molecule has 1 unspecified atom stereocenters. The van der Waals surface area contributed by atoms with E-state index < -0.39 is 22.4 Å². The Hall–Kier alpha value is -3.36. The lowest BCUT2D eigenvalue weighted by Crippen LogP contribution is -2.39. The Kier molecular flexibility index (Phi) is 4.91. The van der Waals surface area contributed by atoms with E-state index in [0.717, 1.165) is 22.3 Å². The van der Waals surface area contributed by atoms with Crippen molar-refractivity contribution in [2.45, 2.75) is 24.8 Å². The fraction of sp³-hybridized carbons (Fsp3) is 0.208. The second kappa shape index (κ2) is 7.65. The summed E-state index contributed by atoms with van der Waals surface area (Å²) in [5.41, 5.74) is 6.40. The van der Waals surface area contributed by atoms with Gasteiger partial charge < -0.3 is 14.2 Å². The van der Waals surface area contributed by atoms with Gasteiger partial charge in [-0.25, -0.2) is 4.79 Å². The van der Waals surface area contributed by atoms with E-state index in [9.17, 15) is 18.3 Å². The van der Waals surface area contributed by atoms with Crippen LogP contribution in [0.2, 0.25) is 0 Å². The standard InChI is InChI=1S/C24H22N2O5S/c25-32(29,30)31-16-10-9-15-11-12-26(24(27)28)23(21(15)13-16)14-22-19-7-3-1-5-17(19)18-6-2-4-8-20(18)22/h1-10,13,22-23H,11-12,14H2,(H,27,28)(H2,25,29,30). The molecule has 0 aromatic heterocycles. The molecule has 0 fully saturated rings. The maximum Gasteiger partial charge on any atom is 0.407 e. The van der Waals surface area contributed by atoms with Crippen molar-refractivity contribution >= 4 is 16.4 Å². The predicted molar refractivity (Wildman–Crippen MR) is 120 cm³/mol. The van der Waals surface area contributed by atoms with Crippen molar-refractivity contribution in [3.63, 3.8) is 0 Å². The fourth-order valence-corrected chi connectivity index (χ4v) is 5.45. The third-order valence-corrected chi connectivity index (χ3v) is 6.78. The summed E-state index contributed by atoms with van der Waals surface area (Å²) < 4.78 is 27.7. The van der Waals surface area contributed by atoms with Crippen LogP contribution in [0.5, 0.6) is 5.75 Å². The van der Waals surface area contributed by atoms with Crippen LogP contribution in [0.25, 0.3) is 11.1 Å². The zero-order valence-electron chi connectivity index (χ0n) is 17.1. The molecule has 1 aliphatic carbocycles. The number of hydrogen-bond donors (Lipinski definition) is 2. The van der Waals surface area contributed by atoms with Gasteiger partial charge >= 0.3 is 16.4 Å². The fourth-order valence-electron chi connectivity index (χ4n) is 5.08. The molecule has 3 aromatic carbocycles. The first kappa shape index (κ1) is 20.5. The molecular weight excluding hydrogens is 428 g/mol. The Labute approximate surface area is 186 Å². The molecule has 1 atom stereocenters. The van der Waals surface area contributed by atoms with Crippen LogP contribution < -0.4 is 9.32 Å². The van der Waals surface area contributed by atoms with Crippen molar-refractivity contribution in [1.29, 1.82) is 0 Å². The summed E-state index contributed by atoms with van der Waals surface area (Å²) in [6.07, 6.45) is 0.0793. The van der Waals surface area contributed by atoms with E-state index in [1.54, 1.807) is 18.2 Å². The molecule has 0 saturated carbocycles. The van der Waals surface area contributed by atoms with Crippen LogP contribution in [0.3, 0.4) is 0 Å². The Balaban J connectivity index is 1.59. The van der Waals surface area contributed by atoms with Crippen LogP contribution >= 0.6 is 0 Å². The molecule has 0 saturated heterocycles. The Morgan fingerprint density at radius 3 is 2.22 bits per heavy atom. The topological polar surface area (TPSA) is 110 Å². The Bertz CT molecular complexity index is 1280. The number of nitrogens with two attached hydrogens (primary N) is 1. The quantitative estimate of drug-likeness (QED) is 0.623. The third kappa shape index (κ3) is 3.61. The van der Waals surface area contributed by atoms with Crippen molar-refractivity contribution in [3.8, 4) is 16.9 Å². The normalized spacial score (nSPS) is 17.4. The maximum absolute atomic E-state index is 12.1. The number of rotatable bonds is 4. The van der Waals surface area contributed by atoms with E-state index in [2.05, 4.69) is 24.3 Å². The molecule has 1 heterocycles. The predicted octanol–water partition coefficient (Wildman–Crippen LogP) is 4.05. The molecule has 3 N–H and O–H groups in total. The first-order chi connectivity index (χ1) is 15.3. The largest absolute Gasteiger partial charge is 0.465 e. The number of fused-ring (bicyclic) bond motifs is 4. The second-order valence-electron chi connectivity index (χ2n) is 8.14. The average molecular weight is 451 g/mol. The molecule has 0 spiro atoms. The summed E-state index contributed by atoms with van der Waals surface area (Å²) >= 11 is 0. The number of carboxylic acid groups (broad SMARTS) is 1. The zero-order chi connectivity index (χ0) is 22.5. The SMILES string of the molecule is NS(=O)(=O)Oc1ccc2c(c1)C(CC1c3ccccc3-c3ccccc31)N(C(=O)O)CC2. The van der Waals surface area contributed by atoms with Crippen LogP contribution in [0.15, 0.2) is 66.7 Å². The smallest absolute Gasteiger partial charge is 0.407 e. The molecule has 2 aliphatic rings. The highest BCUT2D eigenvalue weighted by atomic mass is 32.2. The van der Waals surface area contributed by atoms with Crippen molar-refractivity contribution in [1.82, 2.24) is 4.90 Å². The van der Waals surface area contributed by atoms with Gasteiger partial charge in [0.05, 0.1) is 6.04 Å². The first-order valence-corrected chi connectivity index (χ1v) is 11.8. The molecule has 0 bridgehead atoms. The minimum atomic E-state index is -4.18. The number of nitrogens with zero attached hydrogens (tertiary/aromatic N) is 1. The highest BCUT2D eigenvalue weighted by molar-refractivity contribution is 7.84. The van der Waals surface area contributed by atoms with Crippen molar-refractivity contribution in [2.24, 2.45) is 5.14 Å². The minimum absolute atomic E-state index is 0.0167. The molecule has 164 valence electrons. The average Bonchev–Trinajstić information content (AvgIpc) is 3.07. The number of benzene rings is 3. The Morgan fingerprint density at radius 2 is 1.62 bits per heavy atom. The number of amides is 1. The van der Waals surface area contributed by atoms with E-state index >= 15 is 0 Å². The van der Waals surface area contributed by atoms with Gasteiger partial charge in [0.1, 0.15) is 5.75 Å². The summed E-state index contributed by atoms with van der Waals surface area (Å²) in [5.74, 6) is 0.0960. The van der Waals surface area contributed by atoms with Gasteiger partial charge in [0, 0.05) is 12.5 Å².